The Morgan fingerprint density at radius 2 is 1.82 bits per heavy atom. The van der Waals surface area contributed by atoms with E-state index in [9.17, 15) is 46.4 Å². The van der Waals surface area contributed by atoms with E-state index in [0.29, 0.717) is 32.2 Å². The molecule has 3 aliphatic heterocycles. The molecule has 5 aliphatic rings. The topological polar surface area (TPSA) is 131 Å². The van der Waals surface area contributed by atoms with Crippen LogP contribution in [0.5, 0.6) is 0 Å². The van der Waals surface area contributed by atoms with Crippen molar-refractivity contribution < 1.29 is 41.1 Å². The van der Waals surface area contributed by atoms with Gasteiger partial charge in [0.05, 0.1) is 12.0 Å². The second kappa shape index (κ2) is 10.6. The van der Waals surface area contributed by atoms with Crippen molar-refractivity contribution in [2.24, 2.45) is 17.8 Å². The number of rotatable bonds is 8. The highest BCUT2D eigenvalue weighted by Crippen LogP contribution is 2.49. The Bertz CT molecular complexity index is 1010. The lowest BCUT2D eigenvalue weighted by atomic mass is 9.71. The second-order valence-electron chi connectivity index (χ2n) is 10.8. The van der Waals surface area contributed by atoms with Crippen molar-refractivity contribution in [2.45, 2.75) is 94.1 Å². The number of alkyl halides is 5. The van der Waals surface area contributed by atoms with Gasteiger partial charge in [-0.15, -0.1) is 0 Å². The summed E-state index contributed by atoms with van der Waals surface area (Å²) < 4.78 is 68.8. The number of amides is 4. The van der Waals surface area contributed by atoms with E-state index in [1.807, 2.05) is 6.07 Å². The van der Waals surface area contributed by atoms with Gasteiger partial charge in [-0.3, -0.25) is 19.2 Å². The molecule has 2 saturated carbocycles. The molecule has 4 amide bonds. The van der Waals surface area contributed by atoms with Crippen molar-refractivity contribution >= 4 is 23.6 Å². The van der Waals surface area contributed by atoms with Crippen molar-refractivity contribution in [3.8, 4) is 6.07 Å². The van der Waals surface area contributed by atoms with Gasteiger partial charge in [-0.2, -0.15) is 18.4 Å². The van der Waals surface area contributed by atoms with Gasteiger partial charge < -0.3 is 20.9 Å². The first-order valence-corrected chi connectivity index (χ1v) is 12.9. The normalized spacial score (nSPS) is 30.0. The molecule has 210 valence electrons. The number of halogens is 5. The highest BCUT2D eigenvalue weighted by atomic mass is 19.4. The predicted octanol–water partition coefficient (Wildman–Crippen LogP) is 1.77. The zero-order chi connectivity index (χ0) is 27.8. The van der Waals surface area contributed by atoms with Gasteiger partial charge in [0.15, 0.2) is 0 Å². The van der Waals surface area contributed by atoms with Crippen LogP contribution in [-0.4, -0.2) is 71.3 Å². The minimum Gasteiger partial charge on any atom is -0.356 e. The summed E-state index contributed by atoms with van der Waals surface area (Å²) in [4.78, 5) is 51.6. The Kier molecular flexibility index (Phi) is 7.86. The fourth-order valence-electron chi connectivity index (χ4n) is 5.90. The molecule has 3 heterocycles. The first-order chi connectivity index (χ1) is 17.8. The number of nitrogens with one attached hydrogen (secondary N) is 3. The van der Waals surface area contributed by atoms with Crippen molar-refractivity contribution in [3.63, 3.8) is 0 Å². The molecule has 0 unspecified atom stereocenters. The summed E-state index contributed by atoms with van der Waals surface area (Å²) in [5, 5.41) is 16.4. The molecule has 14 heteroatoms. The van der Waals surface area contributed by atoms with E-state index >= 15 is 0 Å². The maximum absolute atomic E-state index is 14.9. The summed E-state index contributed by atoms with van der Waals surface area (Å²) in [7, 11) is 0. The van der Waals surface area contributed by atoms with Gasteiger partial charge in [0.2, 0.25) is 17.7 Å². The number of fused-ring (bicyclic) bond motifs is 3. The standard InChI is InChI=1S/C24H30F5N5O4/c25-23(26)10-15-5-6-16(23)18(20(36)32-14(11-30)9-13-2-1-7-31-19(13)35)34(15)21(37)17(8-12-3-4-12)33-22(38)24(27,28)29/h12-18H,1-10H2,(H,31,35)(H,32,36)(H,33,38)/t13-,14-,15+,16+,17-,18+/m1/s1. The molecule has 2 bridgehead atoms. The van der Waals surface area contributed by atoms with Crippen LogP contribution in [0.2, 0.25) is 0 Å². The zero-order valence-corrected chi connectivity index (χ0v) is 20.5. The fraction of sp³-hybridized carbons (Fsp3) is 0.792. The maximum atomic E-state index is 14.9. The van der Waals surface area contributed by atoms with E-state index in [1.54, 1.807) is 5.32 Å². The van der Waals surface area contributed by atoms with Crippen LogP contribution in [0.1, 0.15) is 57.8 Å². The van der Waals surface area contributed by atoms with Crippen LogP contribution in [-0.2, 0) is 19.2 Å². The van der Waals surface area contributed by atoms with Crippen LogP contribution in [0.3, 0.4) is 0 Å². The summed E-state index contributed by atoms with van der Waals surface area (Å²) in [6.07, 6.45) is -3.65. The maximum Gasteiger partial charge on any atom is 0.471 e. The molecule has 2 aliphatic carbocycles. The van der Waals surface area contributed by atoms with Gasteiger partial charge >= 0.3 is 12.1 Å². The van der Waals surface area contributed by atoms with Crippen LogP contribution in [0.25, 0.3) is 0 Å². The monoisotopic (exact) mass is 547 g/mol. The van der Waals surface area contributed by atoms with Crippen molar-refractivity contribution in [2.75, 3.05) is 6.54 Å². The largest absolute Gasteiger partial charge is 0.471 e. The molecule has 3 N–H and O–H groups in total. The lowest BCUT2D eigenvalue weighted by Crippen LogP contribution is -2.71. The summed E-state index contributed by atoms with van der Waals surface area (Å²) in [6.45, 7) is 0.489. The Hall–Kier alpha value is -2.98. The Labute approximate surface area is 215 Å². The van der Waals surface area contributed by atoms with Gasteiger partial charge in [0, 0.05) is 24.9 Å². The SMILES string of the molecule is N#C[C@@H](C[C@H]1CCCNC1=O)NC(=O)[C@@H]1[C@@H]2CC[C@@H](CC2(F)F)N1C(=O)[C@@H](CC1CC1)NC(=O)C(F)(F)F. The van der Waals surface area contributed by atoms with Crippen LogP contribution in [0.4, 0.5) is 22.0 Å². The van der Waals surface area contributed by atoms with Crippen LogP contribution < -0.4 is 16.0 Å². The third-order valence-electron chi connectivity index (χ3n) is 7.98. The summed E-state index contributed by atoms with van der Waals surface area (Å²) in [5.74, 6) is -10.2. The van der Waals surface area contributed by atoms with Gasteiger partial charge in [0.1, 0.15) is 18.1 Å². The van der Waals surface area contributed by atoms with Gasteiger partial charge in [-0.25, -0.2) is 8.78 Å². The molecule has 0 aromatic carbocycles. The smallest absolute Gasteiger partial charge is 0.356 e. The van der Waals surface area contributed by atoms with Crippen LogP contribution in [0, 0.1) is 29.1 Å². The van der Waals surface area contributed by atoms with Crippen molar-refractivity contribution in [1.82, 2.24) is 20.9 Å². The Morgan fingerprint density at radius 3 is 2.39 bits per heavy atom. The highest BCUT2D eigenvalue weighted by molar-refractivity contribution is 5.94. The highest BCUT2D eigenvalue weighted by Gasteiger charge is 2.61. The second-order valence-corrected chi connectivity index (χ2v) is 10.8. The van der Waals surface area contributed by atoms with Crippen molar-refractivity contribution in [3.05, 3.63) is 0 Å². The van der Waals surface area contributed by atoms with E-state index in [4.69, 9.17) is 0 Å². The van der Waals surface area contributed by atoms with E-state index in [2.05, 4.69) is 10.6 Å². The molecule has 0 spiro atoms. The number of nitrogens with zero attached hydrogens (tertiary/aromatic N) is 2. The molecule has 0 aromatic heterocycles. The molecular weight excluding hydrogens is 517 g/mol. The zero-order valence-electron chi connectivity index (χ0n) is 20.5. The summed E-state index contributed by atoms with van der Waals surface area (Å²) >= 11 is 0. The summed E-state index contributed by atoms with van der Waals surface area (Å²) in [6, 6.07) is -3.81. The van der Waals surface area contributed by atoms with Crippen LogP contribution >= 0.6 is 0 Å². The van der Waals surface area contributed by atoms with Crippen LogP contribution in [0.15, 0.2) is 0 Å². The van der Waals surface area contributed by atoms with Gasteiger partial charge in [-0.05, 0) is 44.4 Å². The Morgan fingerprint density at radius 1 is 1.11 bits per heavy atom. The number of piperidine rings is 3. The molecule has 6 atom stereocenters. The molecule has 3 saturated heterocycles. The van der Waals surface area contributed by atoms with E-state index in [1.165, 1.54) is 0 Å². The summed E-state index contributed by atoms with van der Waals surface area (Å²) in [5.41, 5.74) is 0. The number of nitriles is 1. The molecule has 5 fully saturated rings. The van der Waals surface area contributed by atoms with E-state index in [0.717, 1.165) is 4.90 Å². The average molecular weight is 548 g/mol. The predicted molar refractivity (Wildman–Crippen MR) is 120 cm³/mol. The molecule has 5 rings (SSSR count). The van der Waals surface area contributed by atoms with Gasteiger partial charge in [0.25, 0.3) is 5.92 Å². The van der Waals surface area contributed by atoms with E-state index < -0.39 is 72.2 Å². The number of hydrogen-bond donors (Lipinski definition) is 3. The lowest BCUT2D eigenvalue weighted by molar-refractivity contribution is -0.196. The van der Waals surface area contributed by atoms with E-state index in [-0.39, 0.29) is 37.5 Å². The fourth-order valence-corrected chi connectivity index (χ4v) is 5.90. The average Bonchev–Trinajstić information content (AvgIpc) is 3.66. The first-order valence-electron chi connectivity index (χ1n) is 12.9. The number of hydrogen-bond acceptors (Lipinski definition) is 5. The van der Waals surface area contributed by atoms with Crippen molar-refractivity contribution in [1.29, 1.82) is 5.26 Å². The molecule has 38 heavy (non-hydrogen) atoms. The quantitative estimate of drug-likeness (QED) is 0.399. The molecule has 0 radical (unpaired) electrons. The minimum absolute atomic E-state index is 0.0504. The Balaban J connectivity index is 1.56. The third kappa shape index (κ3) is 6.02. The molecule has 0 aromatic rings. The first kappa shape index (κ1) is 28.0. The van der Waals surface area contributed by atoms with Gasteiger partial charge in [-0.1, -0.05) is 12.8 Å². The lowest BCUT2D eigenvalue weighted by Gasteiger charge is -2.54. The molecule has 9 nitrogen and oxygen atoms in total. The number of carbonyl (C=O) groups excluding carboxylic acids is 4. The molecular formula is C24H30F5N5O4. The number of carbonyl (C=O) groups is 4. The third-order valence-corrected chi connectivity index (χ3v) is 7.98. The minimum atomic E-state index is -5.25.